The molecule has 4 atom stereocenters. The van der Waals surface area contributed by atoms with Gasteiger partial charge in [0.05, 0.1) is 19.1 Å². The summed E-state index contributed by atoms with van der Waals surface area (Å²) in [7, 11) is 0. The van der Waals surface area contributed by atoms with Crippen LogP contribution in [-0.2, 0) is 11.3 Å². The first-order chi connectivity index (χ1) is 8.66. The first-order valence-electron chi connectivity index (χ1n) is 5.61. The molecule has 8 heteroatoms. The fourth-order valence-electron chi connectivity index (χ4n) is 2.66. The topological polar surface area (TPSA) is 102 Å². The van der Waals surface area contributed by atoms with Gasteiger partial charge < -0.3 is 14.9 Å². The number of fused-ring (bicyclic) bond motifs is 3. The average Bonchev–Trinajstić information content (AvgIpc) is 2.82. The Hall–Kier alpha value is -1.77. The fourth-order valence-corrected chi connectivity index (χ4v) is 2.66. The molecule has 94 valence electrons. The summed E-state index contributed by atoms with van der Waals surface area (Å²) in [5.74, 6) is 0. The van der Waals surface area contributed by atoms with Crippen LogP contribution in [0.25, 0.3) is 11.2 Å². The van der Waals surface area contributed by atoms with Crippen molar-refractivity contribution in [3.63, 3.8) is 0 Å². The second-order valence-electron chi connectivity index (χ2n) is 4.56. The number of hydrogen-bond acceptors (Lipinski definition) is 6. The molecule has 4 rings (SSSR count). The molecule has 1 fully saturated rings. The van der Waals surface area contributed by atoms with Gasteiger partial charge in [-0.05, 0) is 0 Å². The Morgan fingerprint density at radius 2 is 2.17 bits per heavy atom. The molecule has 1 unspecified atom stereocenters. The van der Waals surface area contributed by atoms with Crippen molar-refractivity contribution < 1.29 is 14.9 Å². The van der Waals surface area contributed by atoms with Crippen LogP contribution in [0.2, 0.25) is 0 Å². The number of ether oxygens (including phenoxy) is 1. The molecule has 2 aliphatic heterocycles. The Kier molecular flexibility index (Phi) is 1.79. The number of aliphatic hydroxyl groups excluding tert-OH is 2. The zero-order chi connectivity index (χ0) is 12.4. The van der Waals surface area contributed by atoms with E-state index in [9.17, 15) is 15.0 Å². The Morgan fingerprint density at radius 1 is 1.33 bits per heavy atom. The number of imidazole rings is 1. The first kappa shape index (κ1) is 10.2. The smallest absolute Gasteiger partial charge is 0.349 e. The van der Waals surface area contributed by atoms with Crippen LogP contribution in [-0.4, -0.2) is 47.6 Å². The number of hydrogen-bond donors (Lipinski definition) is 2. The van der Waals surface area contributed by atoms with Crippen molar-refractivity contribution in [3.05, 3.63) is 23.0 Å². The van der Waals surface area contributed by atoms with E-state index in [4.69, 9.17) is 4.74 Å². The maximum absolute atomic E-state index is 11.8. The lowest BCUT2D eigenvalue weighted by Gasteiger charge is -2.19. The Labute approximate surface area is 100 Å². The van der Waals surface area contributed by atoms with E-state index >= 15 is 0 Å². The lowest BCUT2D eigenvalue weighted by molar-refractivity contribution is -0.0331. The molecule has 2 aromatic rings. The van der Waals surface area contributed by atoms with Crippen molar-refractivity contribution in [1.29, 1.82) is 0 Å². The predicted octanol–water partition coefficient (Wildman–Crippen LogP) is -1.77. The summed E-state index contributed by atoms with van der Waals surface area (Å²) < 4.78 is 8.56. The van der Waals surface area contributed by atoms with Crippen LogP contribution in [0.3, 0.4) is 0 Å². The first-order valence-corrected chi connectivity index (χ1v) is 5.61. The van der Waals surface area contributed by atoms with Crippen LogP contribution in [0.4, 0.5) is 0 Å². The van der Waals surface area contributed by atoms with Gasteiger partial charge in [0.1, 0.15) is 29.5 Å². The summed E-state index contributed by atoms with van der Waals surface area (Å²) in [6.07, 6.45) is -0.499. The second-order valence-corrected chi connectivity index (χ2v) is 4.56. The van der Waals surface area contributed by atoms with E-state index in [1.807, 2.05) is 0 Å². The molecule has 1 saturated heterocycles. The molecule has 0 aromatic carbocycles. The Morgan fingerprint density at radius 3 is 3.00 bits per heavy atom. The molecule has 2 aromatic heterocycles. The third kappa shape index (κ3) is 1.07. The molecular formula is C10H10N4O4. The molecule has 2 bridgehead atoms. The Bertz CT molecular complexity index is 693. The summed E-state index contributed by atoms with van der Waals surface area (Å²) in [5.41, 5.74) is 0.711. The van der Waals surface area contributed by atoms with E-state index in [-0.39, 0.29) is 6.54 Å². The zero-order valence-electron chi connectivity index (χ0n) is 9.17. The van der Waals surface area contributed by atoms with E-state index in [1.54, 1.807) is 4.57 Å². The lowest BCUT2D eigenvalue weighted by Crippen LogP contribution is -2.38. The third-order valence-corrected chi connectivity index (χ3v) is 3.55. The van der Waals surface area contributed by atoms with E-state index < -0.39 is 30.2 Å². The monoisotopic (exact) mass is 250 g/mol. The van der Waals surface area contributed by atoms with Gasteiger partial charge in [0.25, 0.3) is 0 Å². The van der Waals surface area contributed by atoms with Crippen LogP contribution >= 0.6 is 0 Å². The van der Waals surface area contributed by atoms with Crippen LogP contribution < -0.4 is 5.69 Å². The predicted molar refractivity (Wildman–Crippen MR) is 57.7 cm³/mol. The minimum Gasteiger partial charge on any atom is -0.387 e. The molecule has 4 heterocycles. The molecule has 0 spiro atoms. The lowest BCUT2D eigenvalue weighted by atomic mass is 10.1. The number of aromatic nitrogens is 4. The van der Waals surface area contributed by atoms with E-state index in [0.29, 0.717) is 11.2 Å². The molecule has 18 heavy (non-hydrogen) atoms. The standard InChI is InChI=1S/C10H10N4O4/c15-6-5-2-13-8-4(1-11-10(13)17)12-3-14(8)9(18-5)7(6)16/h1,3,5-7,9,15-16H,2H2/t5-,6+,7?,9-/m1/s1. The van der Waals surface area contributed by atoms with Crippen molar-refractivity contribution in [3.8, 4) is 0 Å². The summed E-state index contributed by atoms with van der Waals surface area (Å²) >= 11 is 0. The van der Waals surface area contributed by atoms with Crippen molar-refractivity contribution in [2.75, 3.05) is 0 Å². The molecule has 2 N–H and O–H groups in total. The van der Waals surface area contributed by atoms with E-state index in [0.717, 1.165) is 0 Å². The van der Waals surface area contributed by atoms with E-state index in [2.05, 4.69) is 9.97 Å². The largest absolute Gasteiger partial charge is 0.387 e. The van der Waals surface area contributed by atoms with Crippen LogP contribution in [0.1, 0.15) is 6.23 Å². The highest BCUT2D eigenvalue weighted by Gasteiger charge is 2.46. The van der Waals surface area contributed by atoms with Crippen LogP contribution in [0.15, 0.2) is 17.3 Å². The second kappa shape index (κ2) is 3.16. The molecular weight excluding hydrogens is 240 g/mol. The van der Waals surface area contributed by atoms with Gasteiger partial charge in [0, 0.05) is 0 Å². The van der Waals surface area contributed by atoms with Gasteiger partial charge in [-0.15, -0.1) is 0 Å². The summed E-state index contributed by atoms with van der Waals surface area (Å²) in [5, 5.41) is 19.8. The number of aliphatic hydroxyl groups is 2. The van der Waals surface area contributed by atoms with Gasteiger partial charge in [-0.3, -0.25) is 9.13 Å². The normalized spacial score (nSPS) is 33.9. The minimum atomic E-state index is -1.02. The van der Waals surface area contributed by atoms with Gasteiger partial charge in [-0.1, -0.05) is 0 Å². The van der Waals surface area contributed by atoms with Gasteiger partial charge in [-0.2, -0.15) is 4.98 Å². The SMILES string of the molecule is O=c1ncc2ncn3c2n1C[C@H]1O[C@@H]3C(O)[C@H]1O. The molecule has 0 radical (unpaired) electrons. The average molecular weight is 250 g/mol. The quantitative estimate of drug-likeness (QED) is 0.573. The molecule has 0 aliphatic carbocycles. The summed E-state index contributed by atoms with van der Waals surface area (Å²) in [6, 6.07) is 0. The minimum absolute atomic E-state index is 0.156. The van der Waals surface area contributed by atoms with Gasteiger partial charge in [0.15, 0.2) is 6.23 Å². The molecule has 0 amide bonds. The van der Waals surface area contributed by atoms with Gasteiger partial charge in [0.2, 0.25) is 0 Å². The van der Waals surface area contributed by atoms with Gasteiger partial charge in [-0.25, -0.2) is 9.78 Å². The zero-order valence-corrected chi connectivity index (χ0v) is 9.17. The number of rotatable bonds is 0. The Balaban J connectivity index is 2.08. The van der Waals surface area contributed by atoms with E-state index in [1.165, 1.54) is 17.1 Å². The van der Waals surface area contributed by atoms with Crippen molar-refractivity contribution in [2.24, 2.45) is 0 Å². The van der Waals surface area contributed by atoms with Crippen molar-refractivity contribution in [2.45, 2.75) is 31.1 Å². The highest BCUT2D eigenvalue weighted by atomic mass is 16.6. The highest BCUT2D eigenvalue weighted by Crippen LogP contribution is 2.34. The van der Waals surface area contributed by atoms with Gasteiger partial charge >= 0.3 is 5.69 Å². The fraction of sp³-hybridized carbons (Fsp3) is 0.500. The van der Waals surface area contributed by atoms with Crippen molar-refractivity contribution in [1.82, 2.24) is 19.1 Å². The summed E-state index contributed by atoms with van der Waals surface area (Å²) in [4.78, 5) is 19.6. The highest BCUT2D eigenvalue weighted by molar-refractivity contribution is 5.70. The van der Waals surface area contributed by atoms with Crippen LogP contribution in [0, 0.1) is 0 Å². The maximum atomic E-state index is 11.8. The molecule has 2 aliphatic rings. The molecule has 0 saturated carbocycles. The number of nitrogens with zero attached hydrogens (tertiary/aromatic N) is 4. The maximum Gasteiger partial charge on any atom is 0.349 e. The summed E-state index contributed by atoms with van der Waals surface area (Å²) in [6.45, 7) is 0.156. The third-order valence-electron chi connectivity index (χ3n) is 3.55. The molecule has 8 nitrogen and oxygen atoms in total. The van der Waals surface area contributed by atoms with Crippen LogP contribution in [0.5, 0.6) is 0 Å². The van der Waals surface area contributed by atoms with Crippen molar-refractivity contribution >= 4 is 11.2 Å².